The number of aliphatic imine (C=N–C) groups is 1. The molecule has 0 aromatic carbocycles. The summed E-state index contributed by atoms with van der Waals surface area (Å²) in [5.74, 6) is 6.84. The Morgan fingerprint density at radius 3 is 2.44 bits per heavy atom. The van der Waals surface area contributed by atoms with Gasteiger partial charge in [0.05, 0.1) is 11.8 Å². The molecule has 0 aromatic heterocycles. The molecule has 0 N–H and O–H groups in total. The number of hydrogen-bond acceptors (Lipinski definition) is 2. The Balaban J connectivity index is 5.50. The van der Waals surface area contributed by atoms with Crippen molar-refractivity contribution in [1.82, 2.24) is 4.90 Å². The van der Waals surface area contributed by atoms with Gasteiger partial charge >= 0.3 is 0 Å². The first-order valence-corrected chi connectivity index (χ1v) is 9.43. The number of nitrogens with zero attached hydrogens (tertiary/aromatic N) is 2. The smallest absolute Gasteiger partial charge is 0.0847 e. The second-order valence-electron chi connectivity index (χ2n) is 6.39. The molecule has 0 saturated heterocycles. The van der Waals surface area contributed by atoms with E-state index in [0.29, 0.717) is 12.0 Å². The number of rotatable bonds is 10. The molecule has 0 saturated carbocycles. The average Bonchev–Trinajstić information content (AvgIpc) is 2.63. The molecule has 0 amide bonds. The zero-order chi connectivity index (χ0) is 20.5. The normalized spacial score (nSPS) is 12.7. The largest absolute Gasteiger partial charge is 0.370 e. The van der Waals surface area contributed by atoms with Crippen molar-refractivity contribution in [2.24, 2.45) is 10.9 Å². The van der Waals surface area contributed by atoms with Crippen LogP contribution in [0, 0.1) is 17.8 Å². The van der Waals surface area contributed by atoms with Crippen molar-refractivity contribution in [2.45, 2.75) is 47.1 Å². The van der Waals surface area contributed by atoms with Crippen LogP contribution in [-0.4, -0.2) is 23.7 Å². The van der Waals surface area contributed by atoms with Gasteiger partial charge in [0.1, 0.15) is 0 Å². The van der Waals surface area contributed by atoms with Crippen LogP contribution in [-0.2, 0) is 0 Å². The molecule has 0 rings (SSSR count). The summed E-state index contributed by atoms with van der Waals surface area (Å²) in [5, 5.41) is 0. The highest BCUT2D eigenvalue weighted by Crippen LogP contribution is 2.10. The third-order valence-electron chi connectivity index (χ3n) is 3.51. The molecule has 0 fully saturated rings. The molecule has 0 aliphatic carbocycles. The molecule has 2 nitrogen and oxygen atoms in total. The zero-order valence-electron chi connectivity index (χ0n) is 17.6. The van der Waals surface area contributed by atoms with Crippen LogP contribution in [0.5, 0.6) is 0 Å². The third kappa shape index (κ3) is 12.3. The van der Waals surface area contributed by atoms with Crippen molar-refractivity contribution < 1.29 is 0 Å². The summed E-state index contributed by atoms with van der Waals surface area (Å²) in [6.45, 7) is 18.9. The molecule has 2 heteroatoms. The minimum absolute atomic E-state index is 0.344. The van der Waals surface area contributed by atoms with E-state index in [4.69, 9.17) is 0 Å². The lowest BCUT2D eigenvalue weighted by Crippen LogP contribution is -2.28. The van der Waals surface area contributed by atoms with Crippen molar-refractivity contribution in [2.75, 3.05) is 6.54 Å². The third-order valence-corrected chi connectivity index (χ3v) is 3.51. The lowest BCUT2D eigenvalue weighted by molar-refractivity contribution is 0.322. The molecule has 1 unspecified atom stereocenters. The molecule has 0 aliphatic heterocycles. The maximum absolute atomic E-state index is 4.17. The van der Waals surface area contributed by atoms with Gasteiger partial charge in [-0.05, 0) is 39.2 Å². The minimum atomic E-state index is 0.344. The SMILES string of the molecule is C=CCN(/C=C(/C#CC(=C=CC)/C=N\C=C/C)C=C)C(C)C/C=C\C(C)C. The summed E-state index contributed by atoms with van der Waals surface area (Å²) in [6.07, 6.45) is 18.3. The predicted octanol–water partition coefficient (Wildman–Crippen LogP) is 6.24. The Morgan fingerprint density at radius 2 is 1.89 bits per heavy atom. The molecule has 0 heterocycles. The molecule has 0 aliphatic rings. The highest BCUT2D eigenvalue weighted by Gasteiger charge is 2.07. The Morgan fingerprint density at radius 1 is 1.15 bits per heavy atom. The fourth-order valence-electron chi connectivity index (χ4n) is 2.11. The van der Waals surface area contributed by atoms with Gasteiger partial charge in [0, 0.05) is 30.6 Å². The highest BCUT2D eigenvalue weighted by atomic mass is 15.1. The summed E-state index contributed by atoms with van der Waals surface area (Å²) in [4.78, 5) is 6.41. The summed E-state index contributed by atoms with van der Waals surface area (Å²) < 4.78 is 0. The Kier molecular flexibility index (Phi) is 13.9. The van der Waals surface area contributed by atoms with Gasteiger partial charge in [0.15, 0.2) is 0 Å². The fourth-order valence-corrected chi connectivity index (χ4v) is 2.11. The van der Waals surface area contributed by atoms with Crippen LogP contribution < -0.4 is 0 Å². The van der Waals surface area contributed by atoms with Crippen LogP contribution in [0.3, 0.4) is 0 Å². The second kappa shape index (κ2) is 15.5. The Hall–Kier alpha value is -2.75. The van der Waals surface area contributed by atoms with Crippen LogP contribution in [0.4, 0.5) is 0 Å². The average molecular weight is 363 g/mol. The van der Waals surface area contributed by atoms with E-state index >= 15 is 0 Å². The summed E-state index contributed by atoms with van der Waals surface area (Å²) in [6, 6.07) is 0.344. The van der Waals surface area contributed by atoms with E-state index < -0.39 is 0 Å². The molecule has 27 heavy (non-hydrogen) atoms. The van der Waals surface area contributed by atoms with E-state index in [-0.39, 0.29) is 0 Å². The summed E-state index contributed by atoms with van der Waals surface area (Å²) >= 11 is 0. The first kappa shape index (κ1) is 24.2. The Labute approximate surface area is 166 Å². The lowest BCUT2D eigenvalue weighted by atomic mass is 10.1. The van der Waals surface area contributed by atoms with Crippen LogP contribution in [0.25, 0.3) is 0 Å². The number of hydrogen-bond donors (Lipinski definition) is 0. The predicted molar refractivity (Wildman–Crippen MR) is 122 cm³/mol. The summed E-state index contributed by atoms with van der Waals surface area (Å²) in [7, 11) is 0. The molecular weight excluding hydrogens is 328 g/mol. The van der Waals surface area contributed by atoms with Crippen LogP contribution >= 0.6 is 0 Å². The lowest BCUT2D eigenvalue weighted by Gasteiger charge is -2.26. The quantitative estimate of drug-likeness (QED) is 0.148. The first-order chi connectivity index (χ1) is 13.0. The molecule has 0 spiro atoms. The molecule has 144 valence electrons. The first-order valence-electron chi connectivity index (χ1n) is 9.43. The zero-order valence-corrected chi connectivity index (χ0v) is 17.6. The highest BCUT2D eigenvalue weighted by molar-refractivity contribution is 5.85. The molecule has 0 aromatic rings. The second-order valence-corrected chi connectivity index (χ2v) is 6.39. The monoisotopic (exact) mass is 362 g/mol. The van der Waals surface area contributed by atoms with Crippen molar-refractivity contribution >= 4 is 6.21 Å². The molecule has 0 radical (unpaired) electrons. The van der Waals surface area contributed by atoms with E-state index in [1.807, 2.05) is 38.3 Å². The van der Waals surface area contributed by atoms with E-state index in [9.17, 15) is 0 Å². The number of allylic oxidation sites excluding steroid dienone is 5. The van der Waals surface area contributed by atoms with E-state index in [1.54, 1.807) is 18.5 Å². The van der Waals surface area contributed by atoms with Crippen LogP contribution in [0.1, 0.15) is 41.0 Å². The van der Waals surface area contributed by atoms with E-state index in [2.05, 4.69) is 73.5 Å². The van der Waals surface area contributed by atoms with Crippen molar-refractivity contribution in [3.8, 4) is 11.8 Å². The van der Waals surface area contributed by atoms with Crippen LogP contribution in [0.15, 0.2) is 83.9 Å². The molecular formula is C25H34N2. The van der Waals surface area contributed by atoms with Crippen LogP contribution in [0.2, 0.25) is 0 Å². The van der Waals surface area contributed by atoms with Gasteiger partial charge in [-0.3, -0.25) is 4.99 Å². The summed E-state index contributed by atoms with van der Waals surface area (Å²) in [5.41, 5.74) is 4.68. The van der Waals surface area contributed by atoms with Gasteiger partial charge < -0.3 is 4.90 Å². The van der Waals surface area contributed by atoms with Crippen molar-refractivity contribution in [3.05, 3.63) is 78.9 Å². The van der Waals surface area contributed by atoms with E-state index in [0.717, 1.165) is 24.1 Å². The minimum Gasteiger partial charge on any atom is -0.370 e. The van der Waals surface area contributed by atoms with E-state index in [1.165, 1.54) is 0 Å². The maximum Gasteiger partial charge on any atom is 0.0847 e. The van der Waals surface area contributed by atoms with Gasteiger partial charge in [-0.2, -0.15) is 0 Å². The van der Waals surface area contributed by atoms with Gasteiger partial charge in [-0.1, -0.05) is 62.6 Å². The van der Waals surface area contributed by atoms with Gasteiger partial charge in [-0.25, -0.2) is 0 Å². The van der Waals surface area contributed by atoms with Crippen molar-refractivity contribution in [3.63, 3.8) is 0 Å². The molecule has 0 bridgehead atoms. The standard InChI is InChI=1S/C25H34N2/c1-8-13-25(20-26-18-9-2)17-16-24(11-4)21-27(19-10-3)23(7)15-12-14-22(5)6/h8-12,14,18,20-23H,3-4,15,19H2,1-2,5-7H3/b14-12-,18-9-,24-21+,26-20-. The Bertz CT molecular complexity index is 696. The van der Waals surface area contributed by atoms with Gasteiger partial charge in [0.25, 0.3) is 0 Å². The topological polar surface area (TPSA) is 15.6 Å². The molecule has 1 atom stereocenters. The van der Waals surface area contributed by atoms with Gasteiger partial charge in [-0.15, -0.1) is 12.3 Å². The van der Waals surface area contributed by atoms with Gasteiger partial charge in [0.2, 0.25) is 0 Å². The maximum atomic E-state index is 4.17. The fraction of sp³-hybridized carbons (Fsp3) is 0.360. The van der Waals surface area contributed by atoms with Crippen molar-refractivity contribution in [1.29, 1.82) is 0 Å².